The maximum absolute atomic E-state index is 13.6. The Bertz CT molecular complexity index is 1610. The van der Waals surface area contributed by atoms with E-state index in [0.717, 1.165) is 25.2 Å². The lowest BCUT2D eigenvalue weighted by Crippen LogP contribution is -2.50. The van der Waals surface area contributed by atoms with Gasteiger partial charge in [-0.3, -0.25) is 9.59 Å². The van der Waals surface area contributed by atoms with Crippen molar-refractivity contribution >= 4 is 17.6 Å². The molecule has 0 N–H and O–H groups in total. The lowest BCUT2D eigenvalue weighted by molar-refractivity contribution is -0.132. The number of halogens is 2. The third-order valence-corrected chi connectivity index (χ3v) is 7.74. The second-order valence-electron chi connectivity index (χ2n) is 10.7. The highest BCUT2D eigenvalue weighted by Crippen LogP contribution is 2.24. The van der Waals surface area contributed by atoms with Gasteiger partial charge in [0.05, 0.1) is 6.61 Å². The molecule has 0 unspecified atom stereocenters. The van der Waals surface area contributed by atoms with Crippen LogP contribution in [0.15, 0.2) is 60.9 Å². The van der Waals surface area contributed by atoms with Crippen molar-refractivity contribution < 1.29 is 23.1 Å². The Labute approximate surface area is 253 Å². The van der Waals surface area contributed by atoms with Gasteiger partial charge in [0.15, 0.2) is 11.6 Å². The van der Waals surface area contributed by atoms with Gasteiger partial charge >= 0.3 is 0 Å². The normalized spacial score (nSPS) is 15.2. The first kappa shape index (κ1) is 29.1. The van der Waals surface area contributed by atoms with Crippen LogP contribution in [0.5, 0.6) is 5.88 Å². The average molecular weight is 603 g/mol. The monoisotopic (exact) mass is 602 g/mol. The number of carbonyl (C=O) groups excluding carboxylic acids is 2. The number of hydrogen-bond donors (Lipinski definition) is 0. The number of aromatic nitrogens is 5. The Balaban J connectivity index is 1.07. The maximum atomic E-state index is 13.6. The minimum atomic E-state index is -0.384. The second-order valence-corrected chi connectivity index (χ2v) is 10.7. The molecule has 2 saturated heterocycles. The number of ether oxygens (including phenoxy) is 1. The first-order valence-electron chi connectivity index (χ1n) is 14.6. The van der Waals surface area contributed by atoms with E-state index in [1.54, 1.807) is 35.2 Å². The second kappa shape index (κ2) is 13.1. The zero-order valence-corrected chi connectivity index (χ0v) is 24.1. The number of benzene rings is 2. The molecule has 2 aromatic carbocycles. The van der Waals surface area contributed by atoms with Crippen molar-refractivity contribution in [1.82, 2.24) is 34.5 Å². The molecule has 4 heterocycles. The van der Waals surface area contributed by atoms with Crippen LogP contribution in [-0.4, -0.2) is 92.2 Å². The van der Waals surface area contributed by atoms with Crippen LogP contribution in [0, 0.1) is 11.6 Å². The summed E-state index contributed by atoms with van der Waals surface area (Å²) in [4.78, 5) is 44.1. The molecule has 4 aromatic rings. The fourth-order valence-corrected chi connectivity index (χ4v) is 5.35. The zero-order valence-electron chi connectivity index (χ0n) is 24.1. The lowest BCUT2D eigenvalue weighted by atomic mass is 10.2. The van der Waals surface area contributed by atoms with Gasteiger partial charge in [-0.05, 0) is 61.4 Å². The Kier molecular flexibility index (Phi) is 8.71. The molecule has 11 nitrogen and oxygen atoms in total. The Morgan fingerprint density at radius 1 is 0.886 bits per heavy atom. The van der Waals surface area contributed by atoms with Crippen molar-refractivity contribution in [3.63, 3.8) is 0 Å². The molecule has 2 aromatic heterocycles. The summed E-state index contributed by atoms with van der Waals surface area (Å²) in [5.74, 6) is 1.25. The third-order valence-electron chi connectivity index (χ3n) is 7.74. The largest absolute Gasteiger partial charge is 0.477 e. The van der Waals surface area contributed by atoms with E-state index in [2.05, 4.69) is 25.0 Å². The Hall–Kier alpha value is -4.94. The van der Waals surface area contributed by atoms with Crippen LogP contribution in [0.3, 0.4) is 0 Å². The smallest absolute Gasteiger partial charge is 0.244 e. The quantitative estimate of drug-likeness (QED) is 0.254. The summed E-state index contributed by atoms with van der Waals surface area (Å²) in [6, 6.07) is 13.4. The summed E-state index contributed by atoms with van der Waals surface area (Å²) in [6.45, 7) is 3.99. The van der Waals surface area contributed by atoms with E-state index in [0.29, 0.717) is 74.4 Å². The standard InChI is InChI=1S/C31H32F2N8O3/c32-24-8-4-22(5-9-24)30-36-31(23-6-10-25(33)11-7-23)41(37-30)20-29(43)40-16-14-38(15-17-40)26-19-27(35-21-34-26)44-18-2-13-39-12-1-3-28(39)42/h4-11,19,21H,1-3,12-18,20H2. The Morgan fingerprint density at radius 3 is 2.27 bits per heavy atom. The fraction of sp³-hybridized carbons (Fsp3) is 0.355. The number of anilines is 1. The van der Waals surface area contributed by atoms with Gasteiger partial charge in [-0.25, -0.2) is 28.4 Å². The van der Waals surface area contributed by atoms with Crippen LogP contribution in [-0.2, 0) is 16.1 Å². The van der Waals surface area contributed by atoms with E-state index in [1.807, 2.05) is 4.90 Å². The summed E-state index contributed by atoms with van der Waals surface area (Å²) in [7, 11) is 0. The van der Waals surface area contributed by atoms with Gasteiger partial charge in [-0.2, -0.15) is 0 Å². The average Bonchev–Trinajstić information content (AvgIpc) is 3.66. The molecule has 0 bridgehead atoms. The minimum absolute atomic E-state index is 0.0601. The van der Waals surface area contributed by atoms with Crippen molar-refractivity contribution in [2.75, 3.05) is 50.8 Å². The van der Waals surface area contributed by atoms with Crippen LogP contribution in [0.4, 0.5) is 14.6 Å². The number of likely N-dealkylation sites (tertiary alicyclic amines) is 1. The van der Waals surface area contributed by atoms with Gasteiger partial charge < -0.3 is 19.4 Å². The molecule has 2 fully saturated rings. The first-order valence-corrected chi connectivity index (χ1v) is 14.6. The molecule has 228 valence electrons. The molecule has 0 saturated carbocycles. The van der Waals surface area contributed by atoms with E-state index in [9.17, 15) is 18.4 Å². The molecule has 44 heavy (non-hydrogen) atoms. The molecule has 0 aliphatic carbocycles. The summed E-state index contributed by atoms with van der Waals surface area (Å²) >= 11 is 0. The molecule has 6 rings (SSSR count). The van der Waals surface area contributed by atoms with Gasteiger partial charge in [0.2, 0.25) is 17.7 Å². The molecule has 13 heteroatoms. The molecule has 2 amide bonds. The fourth-order valence-electron chi connectivity index (χ4n) is 5.35. The van der Waals surface area contributed by atoms with Crippen molar-refractivity contribution in [2.45, 2.75) is 25.8 Å². The highest BCUT2D eigenvalue weighted by Gasteiger charge is 2.25. The molecular weight excluding hydrogens is 570 g/mol. The topological polar surface area (TPSA) is 110 Å². The number of piperazine rings is 1. The number of amides is 2. The predicted molar refractivity (Wildman–Crippen MR) is 158 cm³/mol. The van der Waals surface area contributed by atoms with Crippen molar-refractivity contribution in [3.8, 4) is 28.7 Å². The summed E-state index contributed by atoms with van der Waals surface area (Å²) in [5, 5.41) is 4.55. The van der Waals surface area contributed by atoms with Gasteiger partial charge in [-0.15, -0.1) is 5.10 Å². The van der Waals surface area contributed by atoms with E-state index >= 15 is 0 Å². The third kappa shape index (κ3) is 6.82. The van der Waals surface area contributed by atoms with Crippen molar-refractivity contribution in [2.24, 2.45) is 0 Å². The molecule has 0 atom stereocenters. The van der Waals surface area contributed by atoms with Crippen LogP contribution in [0.2, 0.25) is 0 Å². The highest BCUT2D eigenvalue weighted by atomic mass is 19.1. The lowest BCUT2D eigenvalue weighted by Gasteiger charge is -2.35. The van der Waals surface area contributed by atoms with Gasteiger partial charge in [0.1, 0.15) is 30.3 Å². The number of carbonyl (C=O) groups is 2. The van der Waals surface area contributed by atoms with Crippen molar-refractivity contribution in [1.29, 1.82) is 0 Å². The van der Waals surface area contributed by atoms with Gasteiger partial charge in [0.25, 0.3) is 0 Å². The number of nitrogens with zero attached hydrogens (tertiary/aromatic N) is 8. The molecule has 2 aliphatic rings. The molecule has 0 spiro atoms. The van der Waals surface area contributed by atoms with Crippen LogP contribution in [0.1, 0.15) is 19.3 Å². The van der Waals surface area contributed by atoms with E-state index in [4.69, 9.17) is 4.74 Å². The summed E-state index contributed by atoms with van der Waals surface area (Å²) in [6.07, 6.45) is 3.74. The van der Waals surface area contributed by atoms with E-state index in [-0.39, 0.29) is 30.0 Å². The molecule has 2 aliphatic heterocycles. The Morgan fingerprint density at radius 2 is 1.59 bits per heavy atom. The summed E-state index contributed by atoms with van der Waals surface area (Å²) in [5.41, 5.74) is 1.21. The minimum Gasteiger partial charge on any atom is -0.477 e. The SMILES string of the molecule is O=C1CCCN1CCCOc1cc(N2CCN(C(=O)Cn3nc(-c4ccc(F)cc4)nc3-c3ccc(F)cc3)CC2)ncn1. The maximum Gasteiger partial charge on any atom is 0.244 e. The van der Waals surface area contributed by atoms with Crippen LogP contribution >= 0.6 is 0 Å². The predicted octanol–water partition coefficient (Wildman–Crippen LogP) is 3.42. The molecular formula is C31H32F2N8O3. The zero-order chi connectivity index (χ0) is 30.5. The first-order chi connectivity index (χ1) is 21.4. The van der Waals surface area contributed by atoms with Crippen LogP contribution < -0.4 is 9.64 Å². The highest BCUT2D eigenvalue weighted by molar-refractivity contribution is 5.78. The number of hydrogen-bond acceptors (Lipinski definition) is 8. The van der Waals surface area contributed by atoms with Crippen LogP contribution in [0.25, 0.3) is 22.8 Å². The van der Waals surface area contributed by atoms with Crippen molar-refractivity contribution in [3.05, 3.63) is 72.6 Å². The number of rotatable bonds is 10. The van der Waals surface area contributed by atoms with E-state index in [1.165, 1.54) is 35.3 Å². The molecule has 0 radical (unpaired) electrons. The summed E-state index contributed by atoms with van der Waals surface area (Å²) < 4.78 is 34.4. The van der Waals surface area contributed by atoms with E-state index < -0.39 is 0 Å². The van der Waals surface area contributed by atoms with Gasteiger partial charge in [0, 0.05) is 62.9 Å². The van der Waals surface area contributed by atoms with Gasteiger partial charge in [-0.1, -0.05) is 0 Å².